The third-order valence-electron chi connectivity index (χ3n) is 5.50. The summed E-state index contributed by atoms with van der Waals surface area (Å²) < 4.78 is 31.8. The Hall–Kier alpha value is -3.68. The number of rotatable bonds is 4. The van der Waals surface area contributed by atoms with Crippen LogP contribution in [0.3, 0.4) is 0 Å². The molecule has 2 aliphatic heterocycles. The predicted octanol–water partition coefficient (Wildman–Crippen LogP) is 3.16. The van der Waals surface area contributed by atoms with Crippen LogP contribution >= 0.6 is 0 Å². The summed E-state index contributed by atoms with van der Waals surface area (Å²) in [5.74, 6) is 1.10. The molecule has 3 heterocycles. The summed E-state index contributed by atoms with van der Waals surface area (Å²) >= 11 is 0. The van der Waals surface area contributed by atoms with Crippen molar-refractivity contribution >= 4 is 5.91 Å². The van der Waals surface area contributed by atoms with Gasteiger partial charge < -0.3 is 19.5 Å². The molecule has 0 saturated heterocycles. The quantitative estimate of drug-likeness (QED) is 0.678. The van der Waals surface area contributed by atoms with E-state index in [4.69, 9.17) is 14.2 Å². The number of aromatic nitrogens is 2. The van der Waals surface area contributed by atoms with E-state index in [0.29, 0.717) is 40.6 Å². The second-order valence-electron chi connectivity index (χ2n) is 7.94. The Morgan fingerprint density at radius 2 is 2.00 bits per heavy atom. The van der Waals surface area contributed by atoms with Crippen molar-refractivity contribution in [3.8, 4) is 28.5 Å². The minimum absolute atomic E-state index is 0.134. The number of nitrogens with zero attached hydrogens (tertiary/aromatic N) is 2. The maximum Gasteiger partial charge on any atom is 0.264 e. The average molecular weight is 435 g/mol. The van der Waals surface area contributed by atoms with Gasteiger partial charge in [0.15, 0.2) is 11.5 Å². The lowest BCUT2D eigenvalue weighted by atomic mass is 10.0. The molecule has 2 aromatic carbocycles. The molecule has 0 fully saturated rings. The van der Waals surface area contributed by atoms with Crippen molar-refractivity contribution in [1.29, 1.82) is 0 Å². The Balaban J connectivity index is 1.28. The van der Waals surface area contributed by atoms with Gasteiger partial charge in [-0.25, -0.2) is 9.37 Å². The van der Waals surface area contributed by atoms with Crippen molar-refractivity contribution in [1.82, 2.24) is 15.3 Å². The number of hydrogen-bond donors (Lipinski definition) is 1. The van der Waals surface area contributed by atoms with Gasteiger partial charge in [0.2, 0.25) is 6.10 Å². The molecule has 8 heteroatoms. The number of carbonyl (C=O) groups excluding carboxylic acids is 1. The molecule has 0 radical (unpaired) electrons. The van der Waals surface area contributed by atoms with Gasteiger partial charge in [-0.3, -0.25) is 9.78 Å². The van der Waals surface area contributed by atoms with Gasteiger partial charge in [0.05, 0.1) is 23.6 Å². The first kappa shape index (κ1) is 20.2. The molecule has 164 valence electrons. The maximum atomic E-state index is 14.3. The summed E-state index contributed by atoms with van der Waals surface area (Å²) in [6.45, 7) is 4.06. The van der Waals surface area contributed by atoms with Crippen molar-refractivity contribution in [2.75, 3.05) is 13.2 Å². The Kier molecular flexibility index (Phi) is 5.13. The number of para-hydroxylation sites is 2. The highest BCUT2D eigenvalue weighted by atomic mass is 19.1. The molecular weight excluding hydrogens is 413 g/mol. The molecule has 0 aliphatic carbocycles. The number of amides is 1. The topological polar surface area (TPSA) is 82.6 Å². The molecule has 2 unspecified atom stereocenters. The molecule has 2 aliphatic rings. The Bertz CT molecular complexity index is 1200. The van der Waals surface area contributed by atoms with Gasteiger partial charge >= 0.3 is 0 Å². The lowest BCUT2D eigenvalue weighted by Crippen LogP contribution is -2.46. The molecule has 1 aromatic heterocycles. The van der Waals surface area contributed by atoms with Crippen LogP contribution in [0.4, 0.5) is 4.39 Å². The van der Waals surface area contributed by atoms with Crippen molar-refractivity contribution in [3.05, 3.63) is 65.4 Å². The van der Waals surface area contributed by atoms with Crippen molar-refractivity contribution in [3.63, 3.8) is 0 Å². The van der Waals surface area contributed by atoms with E-state index in [2.05, 4.69) is 15.3 Å². The van der Waals surface area contributed by atoms with Crippen LogP contribution in [0.5, 0.6) is 17.2 Å². The molecule has 0 saturated carbocycles. The Morgan fingerprint density at radius 3 is 2.84 bits per heavy atom. The van der Waals surface area contributed by atoms with Gasteiger partial charge in [-0.15, -0.1) is 0 Å². The Labute approximate surface area is 184 Å². The number of fused-ring (bicyclic) bond motifs is 2. The van der Waals surface area contributed by atoms with Gasteiger partial charge in [0.1, 0.15) is 24.3 Å². The molecule has 0 spiro atoms. The fraction of sp³-hybridized carbons (Fsp3) is 0.292. The van der Waals surface area contributed by atoms with Gasteiger partial charge in [0.25, 0.3) is 5.91 Å². The van der Waals surface area contributed by atoms with E-state index in [1.165, 1.54) is 12.1 Å². The SMILES string of the molecule is Cc1cnc(C)c(-c2cc(F)cc3c2OC(CNC(=O)C2COc4ccccc4O2)C3)n1. The number of ether oxygens (including phenoxy) is 3. The molecule has 1 amide bonds. The monoisotopic (exact) mass is 435 g/mol. The summed E-state index contributed by atoms with van der Waals surface area (Å²) in [6, 6.07) is 10.1. The van der Waals surface area contributed by atoms with Crippen LogP contribution in [0, 0.1) is 19.7 Å². The standard InChI is InChI=1S/C24H22FN3O4/c1-13-10-26-14(2)22(28-13)18-9-16(25)7-15-8-17(31-23(15)18)11-27-24(29)21-12-30-19-5-3-4-6-20(19)32-21/h3-7,9-10,17,21H,8,11-12H2,1-2H3,(H,27,29). The fourth-order valence-corrected chi connectivity index (χ4v) is 3.95. The third kappa shape index (κ3) is 3.84. The first-order valence-corrected chi connectivity index (χ1v) is 10.4. The second kappa shape index (κ2) is 8.11. The Morgan fingerprint density at radius 1 is 1.19 bits per heavy atom. The number of nitrogens with one attached hydrogen (secondary N) is 1. The second-order valence-corrected chi connectivity index (χ2v) is 7.94. The lowest BCUT2D eigenvalue weighted by molar-refractivity contribution is -0.130. The highest BCUT2D eigenvalue weighted by Crippen LogP contribution is 2.39. The van der Waals surface area contributed by atoms with E-state index in [1.807, 2.05) is 26.0 Å². The van der Waals surface area contributed by atoms with Crippen LogP contribution in [-0.4, -0.2) is 41.2 Å². The summed E-state index contributed by atoms with van der Waals surface area (Å²) in [5.41, 5.74) is 3.34. The van der Waals surface area contributed by atoms with Crippen LogP contribution < -0.4 is 19.5 Å². The van der Waals surface area contributed by atoms with Gasteiger partial charge in [0, 0.05) is 23.7 Å². The van der Waals surface area contributed by atoms with E-state index in [-0.39, 0.29) is 31.0 Å². The van der Waals surface area contributed by atoms with E-state index in [0.717, 1.165) is 11.3 Å². The average Bonchev–Trinajstić information content (AvgIpc) is 3.21. The van der Waals surface area contributed by atoms with Crippen LogP contribution in [0.15, 0.2) is 42.6 Å². The molecule has 7 nitrogen and oxygen atoms in total. The fourth-order valence-electron chi connectivity index (χ4n) is 3.95. The zero-order valence-corrected chi connectivity index (χ0v) is 17.7. The number of benzene rings is 2. The molecule has 3 aromatic rings. The minimum atomic E-state index is -0.744. The summed E-state index contributed by atoms with van der Waals surface area (Å²) in [6.07, 6.45) is 1.08. The van der Waals surface area contributed by atoms with Crippen molar-refractivity contribution in [2.45, 2.75) is 32.5 Å². The summed E-state index contributed by atoms with van der Waals surface area (Å²) in [4.78, 5) is 21.5. The van der Waals surface area contributed by atoms with Crippen LogP contribution in [-0.2, 0) is 11.2 Å². The van der Waals surface area contributed by atoms with Crippen molar-refractivity contribution < 1.29 is 23.4 Å². The molecule has 5 rings (SSSR count). The van der Waals surface area contributed by atoms with E-state index < -0.39 is 6.10 Å². The number of hydrogen-bond acceptors (Lipinski definition) is 6. The zero-order valence-electron chi connectivity index (χ0n) is 17.7. The van der Waals surface area contributed by atoms with E-state index in [9.17, 15) is 9.18 Å². The smallest absolute Gasteiger partial charge is 0.264 e. The summed E-state index contributed by atoms with van der Waals surface area (Å²) in [5, 5.41) is 2.86. The number of halogens is 1. The number of aryl methyl sites for hydroxylation is 2. The summed E-state index contributed by atoms with van der Waals surface area (Å²) in [7, 11) is 0. The lowest BCUT2D eigenvalue weighted by Gasteiger charge is -2.26. The first-order valence-electron chi connectivity index (χ1n) is 10.4. The van der Waals surface area contributed by atoms with Crippen LogP contribution in [0.25, 0.3) is 11.3 Å². The first-order chi connectivity index (χ1) is 15.5. The molecule has 2 atom stereocenters. The van der Waals surface area contributed by atoms with Crippen molar-refractivity contribution in [2.24, 2.45) is 0 Å². The normalized spacial score (nSPS) is 18.6. The maximum absolute atomic E-state index is 14.3. The third-order valence-corrected chi connectivity index (χ3v) is 5.50. The zero-order chi connectivity index (χ0) is 22.2. The van der Waals surface area contributed by atoms with Crippen LogP contribution in [0.2, 0.25) is 0 Å². The highest BCUT2D eigenvalue weighted by Gasteiger charge is 2.31. The minimum Gasteiger partial charge on any atom is -0.487 e. The van der Waals surface area contributed by atoms with E-state index in [1.54, 1.807) is 18.3 Å². The van der Waals surface area contributed by atoms with Gasteiger partial charge in [-0.05, 0) is 38.1 Å². The molecule has 1 N–H and O–H groups in total. The molecular formula is C24H22FN3O4. The van der Waals surface area contributed by atoms with E-state index >= 15 is 0 Å². The number of carbonyl (C=O) groups is 1. The highest BCUT2D eigenvalue weighted by molar-refractivity contribution is 5.82. The largest absolute Gasteiger partial charge is 0.487 e. The molecule has 0 bridgehead atoms. The van der Waals surface area contributed by atoms with Crippen LogP contribution in [0.1, 0.15) is 17.0 Å². The molecule has 32 heavy (non-hydrogen) atoms. The van der Waals surface area contributed by atoms with Gasteiger partial charge in [-0.2, -0.15) is 0 Å². The van der Waals surface area contributed by atoms with Gasteiger partial charge in [-0.1, -0.05) is 12.1 Å². The predicted molar refractivity (Wildman–Crippen MR) is 114 cm³/mol.